The summed E-state index contributed by atoms with van der Waals surface area (Å²) < 4.78 is 20.2. The van der Waals surface area contributed by atoms with Crippen molar-refractivity contribution in [1.29, 1.82) is 0 Å². The van der Waals surface area contributed by atoms with Crippen molar-refractivity contribution in [2.75, 3.05) is 6.54 Å². The molecule has 0 aliphatic carbocycles. The van der Waals surface area contributed by atoms with Crippen molar-refractivity contribution in [3.8, 4) is 0 Å². The van der Waals surface area contributed by atoms with Crippen LogP contribution < -0.4 is 5.32 Å². The van der Waals surface area contributed by atoms with Crippen molar-refractivity contribution in [2.45, 2.75) is 13.0 Å². The molecule has 0 saturated heterocycles. The zero-order valence-electron chi connectivity index (χ0n) is 10.8. The molecule has 20 heavy (non-hydrogen) atoms. The average molecular weight is 354 g/mol. The topological polar surface area (TPSA) is 25.2 Å². The van der Waals surface area contributed by atoms with Crippen LogP contribution in [-0.2, 0) is 0 Å². The fourth-order valence-corrected chi connectivity index (χ4v) is 3.90. The van der Waals surface area contributed by atoms with Crippen molar-refractivity contribution >= 4 is 38.2 Å². The van der Waals surface area contributed by atoms with E-state index in [4.69, 9.17) is 4.42 Å². The van der Waals surface area contributed by atoms with Gasteiger partial charge in [0.25, 0.3) is 0 Å². The van der Waals surface area contributed by atoms with E-state index in [0.717, 1.165) is 27.0 Å². The molecule has 0 fully saturated rings. The fraction of sp³-hybridized carbons (Fsp3) is 0.200. The first kappa shape index (κ1) is 13.8. The summed E-state index contributed by atoms with van der Waals surface area (Å²) in [6, 6.07) is 8.48. The maximum Gasteiger partial charge on any atom is 0.134 e. The first-order chi connectivity index (χ1) is 9.69. The molecule has 0 aliphatic rings. The SMILES string of the molecule is CCNC(c1cc2cc(F)ccc2o1)c1sccc1Br. The summed E-state index contributed by atoms with van der Waals surface area (Å²) >= 11 is 5.22. The van der Waals surface area contributed by atoms with E-state index in [0.29, 0.717) is 5.58 Å². The normalized spacial score (nSPS) is 12.9. The van der Waals surface area contributed by atoms with Gasteiger partial charge in [-0.05, 0) is 58.2 Å². The number of halogens is 2. The molecule has 0 saturated carbocycles. The lowest BCUT2D eigenvalue weighted by molar-refractivity contribution is 0.480. The lowest BCUT2D eigenvalue weighted by Gasteiger charge is -2.14. The van der Waals surface area contributed by atoms with Crippen LogP contribution in [0.15, 0.2) is 44.6 Å². The minimum Gasteiger partial charge on any atom is -0.459 e. The van der Waals surface area contributed by atoms with E-state index in [1.54, 1.807) is 17.4 Å². The highest BCUT2D eigenvalue weighted by atomic mass is 79.9. The number of benzene rings is 1. The van der Waals surface area contributed by atoms with Gasteiger partial charge in [0, 0.05) is 14.7 Å². The minimum absolute atomic E-state index is 0.0233. The van der Waals surface area contributed by atoms with E-state index in [2.05, 4.69) is 28.2 Å². The largest absolute Gasteiger partial charge is 0.459 e. The molecule has 1 aromatic carbocycles. The standard InChI is InChI=1S/C15H13BrFNOS/c1-2-18-14(15-11(16)5-6-20-15)13-8-9-7-10(17)3-4-12(9)19-13/h3-8,14,18H,2H2,1H3. The van der Waals surface area contributed by atoms with Crippen molar-refractivity contribution < 1.29 is 8.81 Å². The fourth-order valence-electron chi connectivity index (χ4n) is 2.22. The molecule has 0 aliphatic heterocycles. The van der Waals surface area contributed by atoms with Crippen molar-refractivity contribution in [1.82, 2.24) is 5.32 Å². The summed E-state index contributed by atoms with van der Waals surface area (Å²) in [6.07, 6.45) is 0. The van der Waals surface area contributed by atoms with Gasteiger partial charge in [0.05, 0.1) is 0 Å². The second kappa shape index (κ2) is 5.68. The quantitative estimate of drug-likeness (QED) is 0.706. The number of furan rings is 1. The summed E-state index contributed by atoms with van der Waals surface area (Å²) in [5.74, 6) is 0.553. The van der Waals surface area contributed by atoms with Crippen LogP contribution in [-0.4, -0.2) is 6.54 Å². The Labute approximate surface area is 128 Å². The number of rotatable bonds is 4. The summed E-state index contributed by atoms with van der Waals surface area (Å²) in [4.78, 5) is 1.16. The van der Waals surface area contributed by atoms with Crippen LogP contribution in [0.2, 0.25) is 0 Å². The Balaban J connectivity index is 2.07. The Morgan fingerprint density at radius 1 is 1.35 bits per heavy atom. The zero-order valence-corrected chi connectivity index (χ0v) is 13.2. The van der Waals surface area contributed by atoms with Gasteiger partial charge < -0.3 is 9.73 Å². The van der Waals surface area contributed by atoms with Crippen LogP contribution in [0, 0.1) is 5.82 Å². The summed E-state index contributed by atoms with van der Waals surface area (Å²) in [5, 5.41) is 6.23. The summed E-state index contributed by atoms with van der Waals surface area (Å²) in [5.41, 5.74) is 0.706. The molecule has 5 heteroatoms. The van der Waals surface area contributed by atoms with E-state index < -0.39 is 0 Å². The smallest absolute Gasteiger partial charge is 0.134 e. The van der Waals surface area contributed by atoms with E-state index in [9.17, 15) is 4.39 Å². The highest BCUT2D eigenvalue weighted by molar-refractivity contribution is 9.10. The maximum atomic E-state index is 13.3. The van der Waals surface area contributed by atoms with E-state index >= 15 is 0 Å². The third kappa shape index (κ3) is 2.53. The molecule has 0 radical (unpaired) electrons. The molecule has 0 amide bonds. The molecule has 0 bridgehead atoms. The number of hydrogen-bond donors (Lipinski definition) is 1. The zero-order chi connectivity index (χ0) is 14.1. The number of hydrogen-bond acceptors (Lipinski definition) is 3. The van der Waals surface area contributed by atoms with E-state index in [1.165, 1.54) is 12.1 Å². The second-order valence-electron chi connectivity index (χ2n) is 4.45. The van der Waals surface area contributed by atoms with Gasteiger partial charge in [-0.25, -0.2) is 4.39 Å². The Kier molecular flexibility index (Phi) is 3.92. The van der Waals surface area contributed by atoms with Gasteiger partial charge in [0.2, 0.25) is 0 Å². The lowest BCUT2D eigenvalue weighted by Crippen LogP contribution is -2.20. The van der Waals surface area contributed by atoms with Crippen LogP contribution in [0.25, 0.3) is 11.0 Å². The van der Waals surface area contributed by atoms with E-state index in [-0.39, 0.29) is 11.9 Å². The van der Waals surface area contributed by atoms with Crippen LogP contribution in [0.4, 0.5) is 4.39 Å². The highest BCUT2D eigenvalue weighted by Gasteiger charge is 2.21. The summed E-state index contributed by atoms with van der Waals surface area (Å²) in [7, 11) is 0. The maximum absolute atomic E-state index is 13.3. The van der Waals surface area contributed by atoms with Gasteiger partial charge in [-0.1, -0.05) is 6.92 Å². The minimum atomic E-state index is -0.248. The van der Waals surface area contributed by atoms with Gasteiger partial charge in [0.15, 0.2) is 0 Å². The number of thiophene rings is 1. The Bertz CT molecular complexity index is 736. The molecule has 2 heterocycles. The Morgan fingerprint density at radius 3 is 2.90 bits per heavy atom. The molecular formula is C15H13BrFNOS. The van der Waals surface area contributed by atoms with Gasteiger partial charge in [-0.2, -0.15) is 0 Å². The lowest BCUT2D eigenvalue weighted by atomic mass is 10.1. The van der Waals surface area contributed by atoms with Crippen molar-refractivity contribution in [2.24, 2.45) is 0 Å². The molecule has 2 nitrogen and oxygen atoms in total. The molecule has 3 aromatic rings. The molecule has 1 N–H and O–H groups in total. The predicted molar refractivity (Wildman–Crippen MR) is 83.7 cm³/mol. The third-order valence-electron chi connectivity index (χ3n) is 3.10. The first-order valence-electron chi connectivity index (χ1n) is 6.34. The summed E-state index contributed by atoms with van der Waals surface area (Å²) in [6.45, 7) is 2.87. The van der Waals surface area contributed by atoms with Crippen LogP contribution in [0.5, 0.6) is 0 Å². The van der Waals surface area contributed by atoms with Crippen LogP contribution in [0.1, 0.15) is 23.6 Å². The van der Waals surface area contributed by atoms with Gasteiger partial charge in [0.1, 0.15) is 23.2 Å². The van der Waals surface area contributed by atoms with Gasteiger partial charge >= 0.3 is 0 Å². The molecular weight excluding hydrogens is 341 g/mol. The molecule has 0 spiro atoms. The second-order valence-corrected chi connectivity index (χ2v) is 6.26. The first-order valence-corrected chi connectivity index (χ1v) is 8.01. The van der Waals surface area contributed by atoms with Gasteiger partial charge in [-0.3, -0.25) is 0 Å². The average Bonchev–Trinajstić information content (AvgIpc) is 3.01. The van der Waals surface area contributed by atoms with Crippen LogP contribution in [0.3, 0.4) is 0 Å². The molecule has 104 valence electrons. The monoisotopic (exact) mass is 353 g/mol. The van der Waals surface area contributed by atoms with Gasteiger partial charge in [-0.15, -0.1) is 11.3 Å². The predicted octanol–water partition coefficient (Wildman–Crippen LogP) is 5.09. The van der Waals surface area contributed by atoms with E-state index in [1.807, 2.05) is 17.5 Å². The highest BCUT2D eigenvalue weighted by Crippen LogP contribution is 2.35. The number of fused-ring (bicyclic) bond motifs is 1. The number of nitrogens with one attached hydrogen (secondary N) is 1. The molecule has 3 rings (SSSR count). The third-order valence-corrected chi connectivity index (χ3v) is 5.03. The van der Waals surface area contributed by atoms with Crippen LogP contribution >= 0.6 is 27.3 Å². The molecule has 2 aromatic heterocycles. The molecule has 1 unspecified atom stereocenters. The van der Waals surface area contributed by atoms with Crippen molar-refractivity contribution in [3.05, 3.63) is 56.6 Å². The Morgan fingerprint density at radius 2 is 2.20 bits per heavy atom. The Hall–Kier alpha value is -1.17. The van der Waals surface area contributed by atoms with Crippen molar-refractivity contribution in [3.63, 3.8) is 0 Å². The molecule has 1 atom stereocenters.